The zero-order valence-electron chi connectivity index (χ0n) is 11.1. The molecule has 0 spiro atoms. The van der Waals surface area contributed by atoms with Crippen LogP contribution in [-0.2, 0) is 0 Å². The van der Waals surface area contributed by atoms with E-state index in [1.165, 1.54) is 36.2 Å². The highest BCUT2D eigenvalue weighted by molar-refractivity contribution is 7.97. The van der Waals surface area contributed by atoms with Crippen molar-refractivity contribution in [1.82, 2.24) is 14.4 Å². The molecule has 1 heterocycles. The Morgan fingerprint density at radius 1 is 0.905 bits per heavy atom. The summed E-state index contributed by atoms with van der Waals surface area (Å²) in [5.74, 6) is -0.564. The maximum absolute atomic E-state index is 13.0. The summed E-state index contributed by atoms with van der Waals surface area (Å²) in [6, 6.07) is 12.3. The minimum Gasteiger partial charge on any atom is -0.207 e. The summed E-state index contributed by atoms with van der Waals surface area (Å²) < 4.78 is 27.5. The van der Waals surface area contributed by atoms with Gasteiger partial charge in [0.25, 0.3) is 0 Å². The van der Waals surface area contributed by atoms with Gasteiger partial charge >= 0.3 is 0 Å². The smallest absolute Gasteiger partial charge is 0.123 e. The highest BCUT2D eigenvalue weighted by Crippen LogP contribution is 2.26. The lowest BCUT2D eigenvalue weighted by Gasteiger charge is -2.03. The average Bonchev–Trinajstić information content (AvgIpc) is 2.84. The Labute approximate surface area is 124 Å². The van der Waals surface area contributed by atoms with Crippen molar-refractivity contribution < 1.29 is 8.78 Å². The van der Waals surface area contributed by atoms with E-state index in [2.05, 4.69) is 10.3 Å². The molecule has 3 rings (SSSR count). The number of hydrogen-bond donors (Lipinski definition) is 0. The summed E-state index contributed by atoms with van der Waals surface area (Å²) in [6.45, 7) is 1.88. The van der Waals surface area contributed by atoms with Crippen LogP contribution in [0.4, 0.5) is 8.78 Å². The zero-order chi connectivity index (χ0) is 14.8. The largest absolute Gasteiger partial charge is 0.207 e. The van der Waals surface area contributed by atoms with Gasteiger partial charge in [0.1, 0.15) is 17.3 Å². The van der Waals surface area contributed by atoms with E-state index in [-0.39, 0.29) is 11.6 Å². The van der Waals surface area contributed by atoms with Crippen LogP contribution in [0.15, 0.2) is 53.4 Å². The highest BCUT2D eigenvalue weighted by atomic mass is 32.2. The molecule has 2 aromatic carbocycles. The Kier molecular flexibility index (Phi) is 3.70. The van der Waals surface area contributed by atoms with E-state index in [4.69, 9.17) is 0 Å². The first-order valence-electron chi connectivity index (χ1n) is 6.25. The predicted molar refractivity (Wildman–Crippen MR) is 77.8 cm³/mol. The van der Waals surface area contributed by atoms with Crippen LogP contribution in [0.1, 0.15) is 5.69 Å². The molecular formula is C15H11F2N3S. The number of hydrogen-bond acceptors (Lipinski definition) is 3. The van der Waals surface area contributed by atoms with Crippen LogP contribution < -0.4 is 0 Å². The molecule has 21 heavy (non-hydrogen) atoms. The van der Waals surface area contributed by atoms with Gasteiger partial charge in [-0.25, -0.2) is 8.78 Å². The number of rotatable bonds is 3. The Balaban J connectivity index is 1.88. The Hall–Kier alpha value is -2.21. The Morgan fingerprint density at radius 3 is 2.10 bits per heavy atom. The van der Waals surface area contributed by atoms with Crippen molar-refractivity contribution in [3.8, 4) is 11.3 Å². The van der Waals surface area contributed by atoms with E-state index in [0.29, 0.717) is 5.69 Å². The fourth-order valence-corrected chi connectivity index (χ4v) is 2.63. The lowest BCUT2D eigenvalue weighted by atomic mass is 10.1. The molecule has 0 aliphatic heterocycles. The van der Waals surface area contributed by atoms with Crippen molar-refractivity contribution in [1.29, 1.82) is 0 Å². The second-order valence-corrected chi connectivity index (χ2v) is 5.45. The lowest BCUT2D eigenvalue weighted by Crippen LogP contribution is -1.92. The van der Waals surface area contributed by atoms with Crippen molar-refractivity contribution in [2.75, 3.05) is 0 Å². The zero-order valence-corrected chi connectivity index (χ0v) is 11.9. The maximum atomic E-state index is 13.0. The molecule has 0 aliphatic carbocycles. The molecule has 3 aromatic rings. The Bertz CT molecular complexity index is 752. The second-order valence-electron chi connectivity index (χ2n) is 4.45. The van der Waals surface area contributed by atoms with Gasteiger partial charge in [-0.15, -0.1) is 5.10 Å². The molecule has 0 saturated heterocycles. The minimum atomic E-state index is -0.288. The van der Waals surface area contributed by atoms with Gasteiger partial charge in [0.05, 0.1) is 5.69 Å². The van der Waals surface area contributed by atoms with Gasteiger partial charge in [0.2, 0.25) is 0 Å². The molecule has 0 unspecified atom stereocenters. The molecule has 0 fully saturated rings. The summed E-state index contributed by atoms with van der Waals surface area (Å²) >= 11 is 1.34. The van der Waals surface area contributed by atoms with Gasteiger partial charge in [-0.2, -0.15) is 4.09 Å². The van der Waals surface area contributed by atoms with Crippen LogP contribution in [0.25, 0.3) is 11.3 Å². The molecule has 0 amide bonds. The number of halogens is 2. The molecule has 0 aliphatic rings. The summed E-state index contributed by atoms with van der Waals surface area (Å²) in [6.07, 6.45) is 0. The molecule has 3 nitrogen and oxygen atoms in total. The van der Waals surface area contributed by atoms with Crippen LogP contribution in [0.3, 0.4) is 0 Å². The van der Waals surface area contributed by atoms with Crippen LogP contribution in [0, 0.1) is 18.6 Å². The average molecular weight is 303 g/mol. The second kappa shape index (κ2) is 5.65. The van der Waals surface area contributed by atoms with Gasteiger partial charge in [-0.05, 0) is 55.5 Å². The van der Waals surface area contributed by atoms with E-state index in [9.17, 15) is 8.78 Å². The first-order valence-corrected chi connectivity index (χ1v) is 7.03. The van der Waals surface area contributed by atoms with E-state index >= 15 is 0 Å². The summed E-state index contributed by atoms with van der Waals surface area (Å²) in [5, 5.41) is 8.20. The van der Waals surface area contributed by atoms with Gasteiger partial charge in [0, 0.05) is 22.4 Å². The molecular weight excluding hydrogens is 292 g/mol. The van der Waals surface area contributed by atoms with Crippen molar-refractivity contribution in [3.05, 3.63) is 65.9 Å². The van der Waals surface area contributed by atoms with Crippen LogP contribution in [0.2, 0.25) is 0 Å². The highest BCUT2D eigenvalue weighted by Gasteiger charge is 2.12. The van der Waals surface area contributed by atoms with Crippen molar-refractivity contribution >= 4 is 11.9 Å². The van der Waals surface area contributed by atoms with Gasteiger partial charge in [-0.1, -0.05) is 5.21 Å². The maximum Gasteiger partial charge on any atom is 0.123 e. The predicted octanol–water partition coefficient (Wildman–Crippen LogP) is 4.09. The van der Waals surface area contributed by atoms with Crippen molar-refractivity contribution in [2.45, 2.75) is 11.8 Å². The fourth-order valence-electron chi connectivity index (χ4n) is 1.87. The SMILES string of the molecule is Cc1c(-c2ccc(F)cc2)nnn1Sc1ccc(F)cc1. The van der Waals surface area contributed by atoms with Crippen molar-refractivity contribution in [2.24, 2.45) is 0 Å². The third kappa shape index (κ3) is 2.95. The van der Waals surface area contributed by atoms with Crippen LogP contribution >= 0.6 is 11.9 Å². The van der Waals surface area contributed by atoms with Gasteiger partial charge in [0.15, 0.2) is 0 Å². The molecule has 0 radical (unpaired) electrons. The standard InChI is InChI=1S/C15H11F2N3S/c1-10-15(11-2-4-12(16)5-3-11)18-19-20(10)21-14-8-6-13(17)7-9-14/h2-9H,1H3. The van der Waals surface area contributed by atoms with Crippen molar-refractivity contribution in [3.63, 3.8) is 0 Å². The number of nitrogens with zero attached hydrogens (tertiary/aromatic N) is 3. The first kappa shape index (κ1) is 13.8. The van der Waals surface area contributed by atoms with E-state index in [1.807, 2.05) is 6.92 Å². The fraction of sp³-hybridized carbons (Fsp3) is 0.0667. The quantitative estimate of drug-likeness (QED) is 0.730. The Morgan fingerprint density at radius 2 is 1.48 bits per heavy atom. The minimum absolute atomic E-state index is 0.276. The topological polar surface area (TPSA) is 30.7 Å². The molecule has 0 bridgehead atoms. The summed E-state index contributed by atoms with van der Waals surface area (Å²) in [7, 11) is 0. The molecule has 0 N–H and O–H groups in total. The van der Waals surface area contributed by atoms with Gasteiger partial charge < -0.3 is 0 Å². The van der Waals surface area contributed by atoms with Crippen LogP contribution in [0.5, 0.6) is 0 Å². The molecule has 0 saturated carbocycles. The molecule has 0 atom stereocenters. The first-order chi connectivity index (χ1) is 10.1. The third-order valence-corrected chi connectivity index (χ3v) is 3.98. The summed E-state index contributed by atoms with van der Waals surface area (Å²) in [4.78, 5) is 0.857. The monoisotopic (exact) mass is 303 g/mol. The number of aromatic nitrogens is 3. The summed E-state index contributed by atoms with van der Waals surface area (Å²) in [5.41, 5.74) is 2.35. The lowest BCUT2D eigenvalue weighted by molar-refractivity contribution is 0.626. The van der Waals surface area contributed by atoms with Crippen LogP contribution in [-0.4, -0.2) is 14.4 Å². The van der Waals surface area contributed by atoms with E-state index in [1.54, 1.807) is 28.4 Å². The van der Waals surface area contributed by atoms with E-state index < -0.39 is 0 Å². The molecule has 1 aromatic heterocycles. The molecule has 106 valence electrons. The number of benzene rings is 2. The van der Waals surface area contributed by atoms with E-state index in [0.717, 1.165) is 16.2 Å². The van der Waals surface area contributed by atoms with Gasteiger partial charge in [-0.3, -0.25) is 0 Å². The normalized spacial score (nSPS) is 10.8. The molecule has 6 heteroatoms. The third-order valence-electron chi connectivity index (χ3n) is 2.98.